The van der Waals surface area contributed by atoms with Crippen LogP contribution in [0.25, 0.3) is 0 Å². The maximum atomic E-state index is 11.7. The summed E-state index contributed by atoms with van der Waals surface area (Å²) < 4.78 is 5.41. The minimum atomic E-state index is -0.422. The Bertz CT molecular complexity index is 762. The first-order valence-corrected chi connectivity index (χ1v) is 7.83. The predicted octanol–water partition coefficient (Wildman–Crippen LogP) is 2.92. The van der Waals surface area contributed by atoms with E-state index in [1.54, 1.807) is 0 Å². The number of nitrogens with one attached hydrogen (secondary N) is 1. The molecule has 0 saturated heterocycles. The normalized spacial score (nSPS) is 11.5. The van der Waals surface area contributed by atoms with Gasteiger partial charge in [0.1, 0.15) is 17.2 Å². The summed E-state index contributed by atoms with van der Waals surface area (Å²) in [6.07, 6.45) is 1.28. The summed E-state index contributed by atoms with van der Waals surface area (Å²) in [7, 11) is 0. The van der Waals surface area contributed by atoms with Crippen molar-refractivity contribution in [3.63, 3.8) is 0 Å². The summed E-state index contributed by atoms with van der Waals surface area (Å²) in [6.45, 7) is 6.20. The number of amides is 1. The Labute approximate surface area is 146 Å². The van der Waals surface area contributed by atoms with E-state index in [1.165, 1.54) is 30.0 Å². The molecule has 6 heteroatoms. The summed E-state index contributed by atoms with van der Waals surface area (Å²) in [6, 6.07) is 11.7. The Balaban J connectivity index is 1.83. The summed E-state index contributed by atoms with van der Waals surface area (Å²) in [5.74, 6) is -0.00419. The van der Waals surface area contributed by atoms with Crippen molar-refractivity contribution in [1.29, 1.82) is 0 Å². The molecule has 132 valence electrons. The third kappa shape index (κ3) is 5.53. The number of hydrogen-bond acceptors (Lipinski definition) is 5. The highest BCUT2D eigenvalue weighted by molar-refractivity contribution is 5.85. The highest BCUT2D eigenvalue weighted by Gasteiger charge is 2.13. The molecule has 0 spiro atoms. The lowest BCUT2D eigenvalue weighted by atomic mass is 9.87. The molecule has 0 atom stereocenters. The van der Waals surface area contributed by atoms with Gasteiger partial charge in [0.15, 0.2) is 6.61 Å². The number of hydrazone groups is 1. The van der Waals surface area contributed by atoms with Crippen LogP contribution in [0.3, 0.4) is 0 Å². The van der Waals surface area contributed by atoms with Crippen LogP contribution in [0.4, 0.5) is 0 Å². The second-order valence-corrected chi connectivity index (χ2v) is 6.60. The van der Waals surface area contributed by atoms with E-state index >= 15 is 0 Å². The Kier molecular flexibility index (Phi) is 5.64. The second kappa shape index (κ2) is 7.70. The van der Waals surface area contributed by atoms with Gasteiger partial charge in [-0.15, -0.1) is 0 Å². The fourth-order valence-corrected chi connectivity index (χ4v) is 2.05. The number of rotatable bonds is 5. The van der Waals surface area contributed by atoms with Crippen LogP contribution in [-0.2, 0) is 10.2 Å². The zero-order valence-electron chi connectivity index (χ0n) is 14.5. The zero-order valence-corrected chi connectivity index (χ0v) is 14.5. The van der Waals surface area contributed by atoms with E-state index in [4.69, 9.17) is 4.74 Å². The number of hydrogen-bond donors (Lipinski definition) is 3. The maximum absolute atomic E-state index is 11.7. The molecule has 0 aromatic heterocycles. The predicted molar refractivity (Wildman–Crippen MR) is 96.1 cm³/mol. The highest BCUT2D eigenvalue weighted by Crippen LogP contribution is 2.24. The molecule has 0 radical (unpaired) electrons. The van der Waals surface area contributed by atoms with Gasteiger partial charge in [-0.25, -0.2) is 5.43 Å². The largest absolute Gasteiger partial charge is 0.508 e. The van der Waals surface area contributed by atoms with Gasteiger partial charge in [-0.3, -0.25) is 4.79 Å². The van der Waals surface area contributed by atoms with Crippen LogP contribution in [0, 0.1) is 0 Å². The molecular weight excluding hydrogens is 320 g/mol. The molecule has 0 fully saturated rings. The van der Waals surface area contributed by atoms with Crippen LogP contribution in [-0.4, -0.2) is 28.9 Å². The van der Waals surface area contributed by atoms with Gasteiger partial charge in [-0.05, 0) is 35.2 Å². The smallest absolute Gasteiger partial charge is 0.277 e. The Morgan fingerprint density at radius 1 is 1.16 bits per heavy atom. The van der Waals surface area contributed by atoms with Crippen molar-refractivity contribution < 1.29 is 19.7 Å². The number of benzene rings is 2. The molecule has 6 nitrogen and oxygen atoms in total. The quantitative estimate of drug-likeness (QED) is 0.575. The van der Waals surface area contributed by atoms with Crippen LogP contribution in [0.1, 0.15) is 31.9 Å². The highest BCUT2D eigenvalue weighted by atomic mass is 16.5. The van der Waals surface area contributed by atoms with Gasteiger partial charge in [-0.2, -0.15) is 5.10 Å². The van der Waals surface area contributed by atoms with E-state index in [2.05, 4.69) is 31.3 Å². The molecule has 0 heterocycles. The molecule has 0 aliphatic carbocycles. The fourth-order valence-electron chi connectivity index (χ4n) is 2.05. The van der Waals surface area contributed by atoms with Crippen molar-refractivity contribution in [3.8, 4) is 17.2 Å². The molecule has 25 heavy (non-hydrogen) atoms. The Morgan fingerprint density at radius 3 is 2.44 bits per heavy atom. The molecule has 0 saturated carbocycles. The summed E-state index contributed by atoms with van der Waals surface area (Å²) in [4.78, 5) is 11.7. The van der Waals surface area contributed by atoms with Gasteiger partial charge in [-0.1, -0.05) is 32.9 Å². The lowest BCUT2D eigenvalue weighted by Crippen LogP contribution is -2.24. The van der Waals surface area contributed by atoms with Crippen molar-refractivity contribution in [2.24, 2.45) is 5.10 Å². The average molecular weight is 342 g/mol. The monoisotopic (exact) mass is 342 g/mol. The molecule has 0 aliphatic heterocycles. The number of phenolic OH excluding ortho intramolecular Hbond substituents is 2. The molecule has 0 aliphatic rings. The number of carbonyl (C=O) groups excluding carboxylic acids is 1. The molecule has 0 unspecified atom stereocenters. The van der Waals surface area contributed by atoms with E-state index in [9.17, 15) is 15.0 Å². The first-order chi connectivity index (χ1) is 11.8. The first-order valence-electron chi connectivity index (χ1n) is 7.83. The van der Waals surface area contributed by atoms with E-state index in [0.29, 0.717) is 11.3 Å². The summed E-state index contributed by atoms with van der Waals surface area (Å²) in [5.41, 5.74) is 3.93. The first kappa shape index (κ1) is 18.3. The molecule has 2 aromatic carbocycles. The fraction of sp³-hybridized carbons (Fsp3) is 0.263. The van der Waals surface area contributed by atoms with Crippen molar-refractivity contribution in [2.75, 3.05) is 6.61 Å². The topological polar surface area (TPSA) is 91.2 Å². The lowest BCUT2D eigenvalue weighted by Gasteiger charge is -2.19. The zero-order chi connectivity index (χ0) is 18.4. The van der Waals surface area contributed by atoms with Crippen molar-refractivity contribution in [2.45, 2.75) is 26.2 Å². The van der Waals surface area contributed by atoms with E-state index in [-0.39, 0.29) is 23.5 Å². The minimum Gasteiger partial charge on any atom is -0.508 e. The average Bonchev–Trinajstić information content (AvgIpc) is 2.54. The van der Waals surface area contributed by atoms with Crippen molar-refractivity contribution in [3.05, 3.63) is 53.6 Å². The molecule has 2 aromatic rings. The van der Waals surface area contributed by atoms with Gasteiger partial charge in [0.05, 0.1) is 6.21 Å². The van der Waals surface area contributed by atoms with Crippen LogP contribution in [0.15, 0.2) is 47.6 Å². The number of nitrogens with zero attached hydrogens (tertiary/aromatic N) is 1. The molecule has 3 N–H and O–H groups in total. The molecule has 0 bridgehead atoms. The number of ether oxygens (including phenoxy) is 1. The Hall–Kier alpha value is -3.02. The third-order valence-electron chi connectivity index (χ3n) is 3.50. The second-order valence-electron chi connectivity index (χ2n) is 6.60. The molecular formula is C19H22N2O4. The van der Waals surface area contributed by atoms with Crippen molar-refractivity contribution >= 4 is 12.1 Å². The number of phenols is 2. The molecule has 1 amide bonds. The maximum Gasteiger partial charge on any atom is 0.277 e. The van der Waals surface area contributed by atoms with Gasteiger partial charge < -0.3 is 14.9 Å². The number of aromatic hydroxyl groups is 2. The van der Waals surface area contributed by atoms with Gasteiger partial charge in [0, 0.05) is 11.6 Å². The van der Waals surface area contributed by atoms with Gasteiger partial charge in [0.25, 0.3) is 5.91 Å². The Morgan fingerprint density at radius 2 is 1.84 bits per heavy atom. The summed E-state index contributed by atoms with van der Waals surface area (Å²) in [5, 5.41) is 22.5. The van der Waals surface area contributed by atoms with Crippen LogP contribution in [0.5, 0.6) is 17.2 Å². The van der Waals surface area contributed by atoms with E-state index < -0.39 is 5.91 Å². The van der Waals surface area contributed by atoms with Crippen molar-refractivity contribution in [1.82, 2.24) is 5.43 Å². The van der Waals surface area contributed by atoms with E-state index in [0.717, 1.165) is 0 Å². The minimum absolute atomic E-state index is 0.0513. The van der Waals surface area contributed by atoms with E-state index in [1.807, 2.05) is 24.3 Å². The van der Waals surface area contributed by atoms with Crippen LogP contribution in [0.2, 0.25) is 0 Å². The summed E-state index contributed by atoms with van der Waals surface area (Å²) >= 11 is 0. The van der Waals surface area contributed by atoms with Gasteiger partial charge >= 0.3 is 0 Å². The third-order valence-corrected chi connectivity index (χ3v) is 3.50. The van der Waals surface area contributed by atoms with Crippen LogP contribution >= 0.6 is 0 Å². The SMILES string of the molecule is CC(C)(C)c1ccc(OCC(=O)N/N=C/c2ccc(O)cc2O)cc1. The number of carbonyl (C=O) groups is 1. The van der Waals surface area contributed by atoms with Gasteiger partial charge in [0.2, 0.25) is 0 Å². The molecule has 2 rings (SSSR count). The lowest BCUT2D eigenvalue weighted by molar-refractivity contribution is -0.123. The standard InChI is InChI=1S/C19H22N2O4/c1-19(2,3)14-5-8-16(9-6-14)25-12-18(24)21-20-11-13-4-7-15(22)10-17(13)23/h4-11,22-23H,12H2,1-3H3,(H,21,24)/b20-11+. The van der Waals surface area contributed by atoms with Crippen LogP contribution < -0.4 is 10.2 Å².